The number of carbonyl (C=O) groups is 2. The van der Waals surface area contributed by atoms with Gasteiger partial charge in [-0.25, -0.2) is 0 Å². The van der Waals surface area contributed by atoms with Crippen LogP contribution in [-0.2, 0) is 4.79 Å². The van der Waals surface area contributed by atoms with Crippen LogP contribution in [0.5, 0.6) is 5.06 Å². The second-order valence-electron chi connectivity index (χ2n) is 3.95. The summed E-state index contributed by atoms with van der Waals surface area (Å²) in [7, 11) is 0. The third-order valence-electron chi connectivity index (χ3n) is 2.52. The monoisotopic (exact) mass is 391 g/mol. The molecule has 1 amide bonds. The maximum Gasteiger partial charge on any atom is 0.322 e. The number of fused-ring (bicyclic) bond motifs is 1. The van der Waals surface area contributed by atoms with Gasteiger partial charge in [-0.15, -0.1) is 0 Å². The van der Waals surface area contributed by atoms with Gasteiger partial charge in [0.25, 0.3) is 5.91 Å². The molecule has 0 aliphatic heterocycles. The first-order chi connectivity index (χ1) is 9.81. The van der Waals surface area contributed by atoms with Gasteiger partial charge in [-0.2, -0.15) is 0 Å². The number of hydrogen-bond acceptors (Lipinski definition) is 5. The van der Waals surface area contributed by atoms with Crippen molar-refractivity contribution in [2.24, 2.45) is 0 Å². The van der Waals surface area contributed by atoms with Crippen molar-refractivity contribution < 1.29 is 19.8 Å². The van der Waals surface area contributed by atoms with E-state index in [2.05, 4.69) is 15.9 Å². The smallest absolute Gasteiger partial charge is 0.322 e. The first kappa shape index (κ1) is 15.7. The zero-order valence-electron chi connectivity index (χ0n) is 10.1. The molecule has 110 valence electrons. The van der Waals surface area contributed by atoms with Crippen molar-refractivity contribution in [3.63, 3.8) is 0 Å². The molecular formula is C12H7BrClNO5S. The molecule has 0 saturated carbocycles. The summed E-state index contributed by atoms with van der Waals surface area (Å²) in [6, 6.07) is 2.94. The van der Waals surface area contributed by atoms with E-state index in [4.69, 9.17) is 16.7 Å². The van der Waals surface area contributed by atoms with Crippen LogP contribution in [0, 0.1) is 0 Å². The van der Waals surface area contributed by atoms with Gasteiger partial charge in [0.1, 0.15) is 12.1 Å². The van der Waals surface area contributed by atoms with Crippen LogP contribution in [0.4, 0.5) is 0 Å². The largest absolute Gasteiger partial charge is 0.499 e. The quantitative estimate of drug-likeness (QED) is 0.743. The highest BCUT2D eigenvalue weighted by Gasteiger charge is 2.21. The Balaban J connectivity index is 2.63. The fourth-order valence-electron chi connectivity index (χ4n) is 1.66. The lowest BCUT2D eigenvalue weighted by Gasteiger charge is -2.07. The number of nitrogens with one attached hydrogen (secondary N) is 1. The molecule has 0 unspecified atom stereocenters. The van der Waals surface area contributed by atoms with E-state index in [9.17, 15) is 19.5 Å². The average Bonchev–Trinajstić information content (AvgIpc) is 2.38. The van der Waals surface area contributed by atoms with E-state index in [-0.39, 0.29) is 5.39 Å². The van der Waals surface area contributed by atoms with E-state index in [1.165, 1.54) is 6.07 Å². The number of hydrogen-bond donors (Lipinski definition) is 3. The van der Waals surface area contributed by atoms with Crippen LogP contribution >= 0.6 is 38.9 Å². The van der Waals surface area contributed by atoms with Gasteiger partial charge in [0, 0.05) is 14.9 Å². The molecule has 0 aliphatic rings. The van der Waals surface area contributed by atoms with E-state index in [0.717, 1.165) is 11.3 Å². The van der Waals surface area contributed by atoms with E-state index in [1.54, 1.807) is 6.07 Å². The molecule has 9 heteroatoms. The first-order valence-electron chi connectivity index (χ1n) is 5.46. The van der Waals surface area contributed by atoms with Crippen molar-refractivity contribution in [3.8, 4) is 5.06 Å². The second kappa shape index (κ2) is 6.00. The van der Waals surface area contributed by atoms with Crippen LogP contribution in [0.3, 0.4) is 0 Å². The molecule has 0 aliphatic carbocycles. The molecule has 1 aromatic carbocycles. The van der Waals surface area contributed by atoms with E-state index in [1.807, 2.05) is 5.32 Å². The Morgan fingerprint density at radius 1 is 1.38 bits per heavy atom. The average molecular weight is 393 g/mol. The Kier molecular flexibility index (Phi) is 4.50. The molecule has 0 atom stereocenters. The van der Waals surface area contributed by atoms with Gasteiger partial charge in [-0.05, 0) is 28.1 Å². The Morgan fingerprint density at radius 2 is 2.05 bits per heavy atom. The number of carboxylic acid groups (broad SMARTS) is 1. The lowest BCUT2D eigenvalue weighted by molar-refractivity contribution is -0.135. The number of carbonyl (C=O) groups excluding carboxylic acids is 1. The predicted octanol–water partition coefficient (Wildman–Crippen LogP) is 2.20. The summed E-state index contributed by atoms with van der Waals surface area (Å²) in [6.45, 7) is -0.653. The minimum atomic E-state index is -1.26. The molecule has 0 radical (unpaired) electrons. The van der Waals surface area contributed by atoms with Crippen molar-refractivity contribution in [3.05, 3.63) is 37.4 Å². The van der Waals surface area contributed by atoms with Crippen molar-refractivity contribution in [2.45, 2.75) is 0 Å². The number of aliphatic carboxylic acids is 1. The minimum Gasteiger partial charge on any atom is -0.499 e. The molecule has 0 saturated heterocycles. The van der Waals surface area contributed by atoms with Gasteiger partial charge in [0.15, 0.2) is 5.06 Å². The third-order valence-corrected chi connectivity index (χ3v) is 4.67. The maximum absolute atomic E-state index is 12.3. The lowest BCUT2D eigenvalue weighted by atomic mass is 10.2. The van der Waals surface area contributed by atoms with Crippen LogP contribution in [-0.4, -0.2) is 28.6 Å². The zero-order valence-corrected chi connectivity index (χ0v) is 13.3. The number of benzene rings is 1. The number of aromatic hydroxyl groups is 1. The van der Waals surface area contributed by atoms with Crippen molar-refractivity contribution in [1.82, 2.24) is 5.32 Å². The van der Waals surface area contributed by atoms with Gasteiger partial charge in [-0.1, -0.05) is 22.9 Å². The topological polar surface area (TPSA) is 104 Å². The number of carboxylic acids is 1. The Labute approximate surface area is 135 Å². The number of rotatable bonds is 3. The van der Waals surface area contributed by atoms with E-state index in [0.29, 0.717) is 14.2 Å². The van der Waals surface area contributed by atoms with Crippen LogP contribution in [0.1, 0.15) is 10.4 Å². The Bertz CT molecular complexity index is 819. The Morgan fingerprint density at radius 3 is 2.67 bits per heavy atom. The molecule has 0 fully saturated rings. The minimum absolute atomic E-state index is 0.164. The molecule has 3 N–H and O–H groups in total. The molecule has 21 heavy (non-hydrogen) atoms. The van der Waals surface area contributed by atoms with Gasteiger partial charge in [0.05, 0.1) is 4.70 Å². The highest BCUT2D eigenvalue weighted by molar-refractivity contribution is 9.10. The molecule has 0 spiro atoms. The van der Waals surface area contributed by atoms with Crippen molar-refractivity contribution in [1.29, 1.82) is 0 Å². The van der Waals surface area contributed by atoms with Crippen LogP contribution in [0.15, 0.2) is 21.4 Å². The van der Waals surface area contributed by atoms with E-state index >= 15 is 0 Å². The van der Waals surface area contributed by atoms with Crippen LogP contribution in [0.25, 0.3) is 10.1 Å². The summed E-state index contributed by atoms with van der Waals surface area (Å²) < 4.78 is 0.955. The van der Waals surface area contributed by atoms with Crippen molar-refractivity contribution >= 4 is 60.8 Å². The highest BCUT2D eigenvalue weighted by atomic mass is 79.9. The number of amides is 1. The van der Waals surface area contributed by atoms with Crippen LogP contribution in [0.2, 0.25) is 5.02 Å². The molecule has 2 rings (SSSR count). The van der Waals surface area contributed by atoms with E-state index < -0.39 is 34.5 Å². The van der Waals surface area contributed by atoms with Crippen molar-refractivity contribution in [2.75, 3.05) is 6.54 Å². The summed E-state index contributed by atoms with van der Waals surface area (Å²) >= 11 is 9.91. The van der Waals surface area contributed by atoms with Gasteiger partial charge < -0.3 is 15.5 Å². The Hall–Kier alpha value is -1.64. The summed E-state index contributed by atoms with van der Waals surface area (Å²) in [5, 5.41) is 20.4. The van der Waals surface area contributed by atoms with Gasteiger partial charge in [-0.3, -0.25) is 14.4 Å². The molecule has 0 bridgehead atoms. The van der Waals surface area contributed by atoms with Gasteiger partial charge in [0.2, 0.25) is 5.43 Å². The summed E-state index contributed by atoms with van der Waals surface area (Å²) in [5.41, 5.74) is -1.21. The fourth-order valence-corrected chi connectivity index (χ4v) is 3.61. The van der Waals surface area contributed by atoms with Gasteiger partial charge >= 0.3 is 5.97 Å². The van der Waals surface area contributed by atoms with Crippen LogP contribution < -0.4 is 10.7 Å². The molecule has 2 aromatic rings. The maximum atomic E-state index is 12.3. The molecular weight excluding hydrogens is 386 g/mol. The molecule has 1 heterocycles. The summed E-state index contributed by atoms with van der Waals surface area (Å²) in [5.74, 6) is -2.21. The third kappa shape index (κ3) is 3.17. The molecule has 6 nitrogen and oxygen atoms in total. The fraction of sp³-hybridized carbons (Fsp3) is 0.0833. The zero-order chi connectivity index (χ0) is 15.7. The number of halogens is 2. The second-order valence-corrected chi connectivity index (χ2v) is 6.24. The summed E-state index contributed by atoms with van der Waals surface area (Å²) in [6.07, 6.45) is 0. The predicted molar refractivity (Wildman–Crippen MR) is 82.4 cm³/mol. The first-order valence-corrected chi connectivity index (χ1v) is 7.45. The standard InChI is InChI=1S/C12H7BrClNO5S/c13-6-2-4(14)1-5-9(18)8(12(20)21-10(5)6)11(19)15-3-7(16)17/h1-2,20H,3H2,(H,15,19)(H,16,17). The molecule has 1 aromatic heterocycles. The SMILES string of the molecule is O=C(O)CNC(=O)c1c(O)sc2c(Br)cc(Cl)cc2c1=O. The lowest BCUT2D eigenvalue weighted by Crippen LogP contribution is -2.32. The summed E-state index contributed by atoms with van der Waals surface area (Å²) in [4.78, 5) is 34.6. The normalized spacial score (nSPS) is 10.6. The highest BCUT2D eigenvalue weighted by Crippen LogP contribution is 2.34.